The molecule has 0 aromatic heterocycles. The number of aryl methyl sites for hydroxylation is 1. The number of hydrogen-bond donors (Lipinski definition) is 4. The SMILES string of the molecule is CCCOc1cc(NC(=NCCN(C)C(N)=NC#N)NC(=O)OC)c(NC(C)=O)cc1C. The first-order chi connectivity index (χ1) is 15.2. The van der Waals surface area contributed by atoms with E-state index in [0.717, 1.165) is 12.0 Å². The number of nitriles is 1. The Morgan fingerprint density at radius 3 is 2.56 bits per heavy atom. The lowest BCUT2D eigenvalue weighted by molar-refractivity contribution is -0.114. The van der Waals surface area contributed by atoms with Gasteiger partial charge in [-0.05, 0) is 25.0 Å². The van der Waals surface area contributed by atoms with Crippen LogP contribution in [0.5, 0.6) is 5.75 Å². The van der Waals surface area contributed by atoms with E-state index < -0.39 is 6.09 Å². The fourth-order valence-corrected chi connectivity index (χ4v) is 2.40. The number of ether oxygens (including phenoxy) is 2. The molecule has 5 N–H and O–H groups in total. The normalized spacial score (nSPS) is 11.2. The fraction of sp³-hybridized carbons (Fsp3) is 0.450. The molecule has 0 saturated heterocycles. The lowest BCUT2D eigenvalue weighted by atomic mass is 10.1. The van der Waals surface area contributed by atoms with E-state index in [9.17, 15) is 9.59 Å². The molecule has 12 heteroatoms. The number of benzene rings is 1. The van der Waals surface area contributed by atoms with Crippen LogP contribution in [0, 0.1) is 18.4 Å². The van der Waals surface area contributed by atoms with Gasteiger partial charge in [-0.3, -0.25) is 15.1 Å². The molecule has 0 aliphatic rings. The third-order valence-corrected chi connectivity index (χ3v) is 4.01. The first-order valence-corrected chi connectivity index (χ1v) is 9.86. The van der Waals surface area contributed by atoms with Gasteiger partial charge < -0.3 is 30.7 Å². The summed E-state index contributed by atoms with van der Waals surface area (Å²) in [5.74, 6) is 0.490. The molecule has 1 aromatic rings. The zero-order valence-electron chi connectivity index (χ0n) is 19.0. The maximum Gasteiger partial charge on any atom is 0.413 e. The van der Waals surface area contributed by atoms with Gasteiger partial charge in [-0.1, -0.05) is 6.92 Å². The minimum Gasteiger partial charge on any atom is -0.493 e. The van der Waals surface area contributed by atoms with Crippen molar-refractivity contribution in [1.82, 2.24) is 10.2 Å². The molecule has 1 rings (SSSR count). The summed E-state index contributed by atoms with van der Waals surface area (Å²) in [5, 5.41) is 16.8. The van der Waals surface area contributed by atoms with Gasteiger partial charge in [-0.2, -0.15) is 5.26 Å². The Morgan fingerprint density at radius 2 is 1.97 bits per heavy atom. The molecule has 0 aliphatic carbocycles. The van der Waals surface area contributed by atoms with Crippen LogP contribution in [0.3, 0.4) is 0 Å². The summed E-state index contributed by atoms with van der Waals surface area (Å²) in [6.45, 7) is 6.30. The molecular formula is C20H30N8O4. The van der Waals surface area contributed by atoms with Crippen LogP contribution in [0.1, 0.15) is 25.8 Å². The maximum absolute atomic E-state index is 11.8. The topological polar surface area (TPSA) is 166 Å². The maximum atomic E-state index is 11.8. The zero-order valence-corrected chi connectivity index (χ0v) is 19.0. The molecule has 2 amide bonds. The average Bonchev–Trinajstić information content (AvgIpc) is 2.73. The fourth-order valence-electron chi connectivity index (χ4n) is 2.40. The van der Waals surface area contributed by atoms with Crippen LogP contribution in [0.25, 0.3) is 0 Å². The van der Waals surface area contributed by atoms with Gasteiger partial charge in [0.1, 0.15) is 5.75 Å². The lowest BCUT2D eigenvalue weighted by Gasteiger charge is -2.19. The second-order valence-electron chi connectivity index (χ2n) is 6.66. The third-order valence-electron chi connectivity index (χ3n) is 4.01. The summed E-state index contributed by atoms with van der Waals surface area (Å²) in [4.78, 5) is 32.8. The minimum atomic E-state index is -0.731. The number of likely N-dealkylation sites (N-methyl/N-ethyl adjacent to an activating group) is 1. The van der Waals surface area contributed by atoms with Crippen molar-refractivity contribution in [2.45, 2.75) is 27.2 Å². The third kappa shape index (κ3) is 8.78. The van der Waals surface area contributed by atoms with E-state index in [1.807, 2.05) is 13.8 Å². The van der Waals surface area contributed by atoms with Crippen molar-refractivity contribution in [2.24, 2.45) is 15.7 Å². The highest BCUT2D eigenvalue weighted by molar-refractivity contribution is 6.05. The van der Waals surface area contributed by atoms with Crippen LogP contribution in [0.15, 0.2) is 22.1 Å². The largest absolute Gasteiger partial charge is 0.493 e. The van der Waals surface area contributed by atoms with Crippen LogP contribution in [0.4, 0.5) is 16.2 Å². The van der Waals surface area contributed by atoms with E-state index in [1.165, 1.54) is 18.9 Å². The van der Waals surface area contributed by atoms with E-state index in [1.54, 1.807) is 25.4 Å². The van der Waals surface area contributed by atoms with Crippen molar-refractivity contribution >= 4 is 35.3 Å². The molecule has 32 heavy (non-hydrogen) atoms. The monoisotopic (exact) mass is 446 g/mol. The van der Waals surface area contributed by atoms with E-state index >= 15 is 0 Å². The number of nitrogens with zero attached hydrogens (tertiary/aromatic N) is 4. The van der Waals surface area contributed by atoms with Gasteiger partial charge in [0.05, 0.1) is 31.6 Å². The number of nitrogens with one attached hydrogen (secondary N) is 3. The minimum absolute atomic E-state index is 0.0438. The van der Waals surface area contributed by atoms with Gasteiger partial charge in [0, 0.05) is 26.6 Å². The van der Waals surface area contributed by atoms with Gasteiger partial charge in [-0.15, -0.1) is 4.99 Å². The van der Waals surface area contributed by atoms with Gasteiger partial charge >= 0.3 is 6.09 Å². The Bertz CT molecular complexity index is 908. The van der Waals surface area contributed by atoms with E-state index in [-0.39, 0.29) is 24.4 Å². The van der Waals surface area contributed by atoms with Gasteiger partial charge in [-0.25, -0.2) is 4.79 Å². The molecule has 0 heterocycles. The highest BCUT2D eigenvalue weighted by Crippen LogP contribution is 2.31. The zero-order chi connectivity index (χ0) is 24.1. The molecule has 0 aliphatic heterocycles. The molecule has 0 spiro atoms. The number of hydrogen-bond acceptors (Lipinski definition) is 7. The Balaban J connectivity index is 3.20. The summed E-state index contributed by atoms with van der Waals surface area (Å²) in [6.07, 6.45) is 1.71. The van der Waals surface area contributed by atoms with Crippen molar-refractivity contribution in [3.63, 3.8) is 0 Å². The second kappa shape index (κ2) is 13.3. The molecular weight excluding hydrogens is 416 g/mol. The quantitative estimate of drug-likeness (QED) is 0.265. The first-order valence-electron chi connectivity index (χ1n) is 9.86. The number of guanidine groups is 2. The molecule has 0 radical (unpaired) electrons. The predicted octanol–water partition coefficient (Wildman–Crippen LogP) is 1.59. The van der Waals surface area contributed by atoms with Crippen molar-refractivity contribution < 1.29 is 19.1 Å². The standard InChI is InChI=1S/C20H30N8O4/c1-6-9-32-17-11-16(15(10-13(17)2)25-14(3)29)26-19(27-20(30)31-5)23-7-8-28(4)18(22)24-12-21/h10-11H,6-9H2,1-5H3,(H2,22,24)(H,25,29)(H2,23,26,27,30). The lowest BCUT2D eigenvalue weighted by Crippen LogP contribution is -2.38. The van der Waals surface area contributed by atoms with Crippen LogP contribution in [-0.4, -0.2) is 62.7 Å². The highest BCUT2D eigenvalue weighted by Gasteiger charge is 2.14. The number of amides is 2. The predicted molar refractivity (Wildman–Crippen MR) is 123 cm³/mol. The molecule has 0 saturated carbocycles. The van der Waals surface area contributed by atoms with Gasteiger partial charge in [0.2, 0.25) is 24.0 Å². The van der Waals surface area contributed by atoms with Gasteiger partial charge in [0.25, 0.3) is 0 Å². The number of carbonyl (C=O) groups excluding carboxylic acids is 2. The molecule has 0 atom stereocenters. The molecule has 0 fully saturated rings. The van der Waals surface area contributed by atoms with Crippen LogP contribution < -0.4 is 26.4 Å². The highest BCUT2D eigenvalue weighted by atomic mass is 16.5. The van der Waals surface area contributed by atoms with E-state index in [0.29, 0.717) is 30.3 Å². The molecule has 0 unspecified atom stereocenters. The van der Waals surface area contributed by atoms with Crippen LogP contribution in [-0.2, 0) is 9.53 Å². The van der Waals surface area contributed by atoms with Crippen molar-refractivity contribution in [1.29, 1.82) is 5.26 Å². The van der Waals surface area contributed by atoms with E-state index in [4.69, 9.17) is 15.7 Å². The Hall–Kier alpha value is -4.01. The number of nitrogens with two attached hydrogens (primary N) is 1. The second-order valence-corrected chi connectivity index (χ2v) is 6.66. The van der Waals surface area contributed by atoms with Crippen LogP contribution in [0.2, 0.25) is 0 Å². The smallest absolute Gasteiger partial charge is 0.413 e. The Morgan fingerprint density at radius 1 is 1.28 bits per heavy atom. The van der Waals surface area contributed by atoms with Crippen LogP contribution >= 0.6 is 0 Å². The number of methoxy groups -OCH3 is 1. The van der Waals surface area contributed by atoms with Crippen molar-refractivity contribution in [3.05, 3.63) is 17.7 Å². The molecule has 0 bridgehead atoms. The van der Waals surface area contributed by atoms with Crippen molar-refractivity contribution in [2.75, 3.05) is 44.5 Å². The van der Waals surface area contributed by atoms with Gasteiger partial charge in [0.15, 0.2) is 0 Å². The van der Waals surface area contributed by atoms with Crippen molar-refractivity contribution in [3.8, 4) is 11.9 Å². The average molecular weight is 447 g/mol. The number of rotatable bonds is 8. The summed E-state index contributed by atoms with van der Waals surface area (Å²) in [7, 11) is 2.88. The summed E-state index contributed by atoms with van der Waals surface area (Å²) < 4.78 is 10.4. The Kier molecular flexibility index (Phi) is 10.8. The molecule has 12 nitrogen and oxygen atoms in total. The first kappa shape index (κ1) is 26.0. The number of alkyl carbamates (subject to hydrolysis) is 1. The summed E-state index contributed by atoms with van der Waals surface area (Å²) in [5.41, 5.74) is 7.44. The molecule has 174 valence electrons. The van der Waals surface area contributed by atoms with E-state index in [2.05, 4.69) is 30.7 Å². The number of anilines is 2. The molecule has 1 aromatic carbocycles. The summed E-state index contributed by atoms with van der Waals surface area (Å²) in [6, 6.07) is 3.48. The Labute approximate surface area is 187 Å². The summed E-state index contributed by atoms with van der Waals surface area (Å²) >= 11 is 0. The number of aliphatic imine (C=N–C) groups is 2. The number of carbonyl (C=O) groups is 2.